The average molecular weight is 257 g/mol. The topological polar surface area (TPSA) is 31.1 Å². The molecule has 1 atom stereocenters. The first-order chi connectivity index (χ1) is 9.08. The Labute approximate surface area is 115 Å². The number of hydrogen-bond acceptors (Lipinski definition) is 2. The van der Waals surface area contributed by atoms with Crippen LogP contribution in [0.15, 0.2) is 12.1 Å². The molecule has 3 nitrogen and oxygen atoms in total. The van der Waals surface area contributed by atoms with E-state index in [-0.39, 0.29) is 0 Å². The summed E-state index contributed by atoms with van der Waals surface area (Å²) in [6.07, 6.45) is 0. The van der Waals surface area contributed by atoms with E-state index < -0.39 is 0 Å². The minimum atomic E-state index is 0.476. The highest BCUT2D eigenvalue weighted by Gasteiger charge is 2.25. The SMILES string of the molecule is Cc1cc(C)c2[nH]c(C)c(C3CNCCN3C)c2c1. The lowest BCUT2D eigenvalue weighted by Crippen LogP contribution is -2.43. The van der Waals surface area contributed by atoms with E-state index in [4.69, 9.17) is 0 Å². The number of nitrogens with one attached hydrogen (secondary N) is 2. The standard InChI is InChI=1S/C16H23N3/c1-10-7-11(2)16-13(8-10)15(12(3)18-16)14-9-17-5-6-19(14)4/h7-8,14,17-18H,5-6,9H2,1-4H3. The molecular weight excluding hydrogens is 234 g/mol. The highest BCUT2D eigenvalue weighted by molar-refractivity contribution is 5.88. The van der Waals surface area contributed by atoms with Gasteiger partial charge in [-0.2, -0.15) is 0 Å². The molecule has 3 heteroatoms. The van der Waals surface area contributed by atoms with Crippen LogP contribution in [-0.4, -0.2) is 36.6 Å². The fraction of sp³-hybridized carbons (Fsp3) is 0.500. The van der Waals surface area contributed by atoms with Gasteiger partial charge < -0.3 is 10.3 Å². The predicted molar refractivity (Wildman–Crippen MR) is 80.8 cm³/mol. The van der Waals surface area contributed by atoms with Crippen molar-refractivity contribution in [3.8, 4) is 0 Å². The normalized spacial score (nSPS) is 21.2. The summed E-state index contributed by atoms with van der Waals surface area (Å²) in [7, 11) is 2.23. The molecule has 1 aromatic heterocycles. The number of benzene rings is 1. The summed E-state index contributed by atoms with van der Waals surface area (Å²) in [6.45, 7) is 9.82. The number of aromatic amines is 1. The average Bonchev–Trinajstić information content (AvgIpc) is 2.67. The quantitative estimate of drug-likeness (QED) is 0.823. The van der Waals surface area contributed by atoms with E-state index in [1.54, 1.807) is 0 Å². The van der Waals surface area contributed by atoms with E-state index in [0.717, 1.165) is 19.6 Å². The van der Waals surface area contributed by atoms with Gasteiger partial charge in [0, 0.05) is 42.3 Å². The van der Waals surface area contributed by atoms with Gasteiger partial charge in [0.1, 0.15) is 0 Å². The lowest BCUT2D eigenvalue weighted by Gasteiger charge is -2.33. The summed E-state index contributed by atoms with van der Waals surface area (Å²) in [5.41, 5.74) is 6.77. The van der Waals surface area contributed by atoms with Crippen LogP contribution in [0.4, 0.5) is 0 Å². The van der Waals surface area contributed by atoms with Gasteiger partial charge in [-0.05, 0) is 45.0 Å². The second-order valence-electron chi connectivity index (χ2n) is 5.87. The van der Waals surface area contributed by atoms with Crippen LogP contribution in [-0.2, 0) is 0 Å². The summed E-state index contributed by atoms with van der Waals surface area (Å²) in [6, 6.07) is 5.05. The highest BCUT2D eigenvalue weighted by Crippen LogP contribution is 2.33. The van der Waals surface area contributed by atoms with E-state index >= 15 is 0 Å². The van der Waals surface area contributed by atoms with Crippen molar-refractivity contribution in [2.75, 3.05) is 26.7 Å². The molecular formula is C16H23N3. The Balaban J connectivity index is 2.19. The second kappa shape index (κ2) is 4.66. The van der Waals surface area contributed by atoms with Crippen molar-refractivity contribution in [2.45, 2.75) is 26.8 Å². The minimum Gasteiger partial charge on any atom is -0.358 e. The van der Waals surface area contributed by atoms with Crippen molar-refractivity contribution < 1.29 is 0 Å². The summed E-state index contributed by atoms with van der Waals surface area (Å²) in [4.78, 5) is 6.05. The fourth-order valence-electron chi connectivity index (χ4n) is 3.36. The summed E-state index contributed by atoms with van der Waals surface area (Å²) >= 11 is 0. The van der Waals surface area contributed by atoms with Gasteiger partial charge in [0.25, 0.3) is 0 Å². The minimum absolute atomic E-state index is 0.476. The van der Waals surface area contributed by atoms with Crippen LogP contribution in [0.1, 0.15) is 28.4 Å². The number of aryl methyl sites for hydroxylation is 3. The number of nitrogens with zero attached hydrogens (tertiary/aromatic N) is 1. The molecule has 0 bridgehead atoms. The van der Waals surface area contributed by atoms with Crippen LogP contribution in [0.5, 0.6) is 0 Å². The maximum absolute atomic E-state index is 3.59. The Morgan fingerprint density at radius 1 is 1.21 bits per heavy atom. The number of H-pyrrole nitrogens is 1. The first kappa shape index (κ1) is 12.7. The van der Waals surface area contributed by atoms with Gasteiger partial charge in [0.2, 0.25) is 0 Å². The van der Waals surface area contributed by atoms with Crippen molar-refractivity contribution in [1.29, 1.82) is 0 Å². The monoisotopic (exact) mass is 257 g/mol. The van der Waals surface area contributed by atoms with E-state index in [1.807, 2.05) is 0 Å². The van der Waals surface area contributed by atoms with E-state index in [9.17, 15) is 0 Å². The molecule has 0 radical (unpaired) electrons. The number of fused-ring (bicyclic) bond motifs is 1. The molecule has 3 rings (SSSR count). The molecule has 19 heavy (non-hydrogen) atoms. The first-order valence-electron chi connectivity index (χ1n) is 7.08. The van der Waals surface area contributed by atoms with Crippen molar-refractivity contribution in [3.05, 3.63) is 34.5 Å². The molecule has 2 N–H and O–H groups in total. The lowest BCUT2D eigenvalue weighted by atomic mass is 9.98. The van der Waals surface area contributed by atoms with Gasteiger partial charge in [-0.25, -0.2) is 0 Å². The zero-order valence-corrected chi connectivity index (χ0v) is 12.3. The third-order valence-corrected chi connectivity index (χ3v) is 4.33. The molecule has 102 valence electrons. The van der Waals surface area contributed by atoms with Crippen molar-refractivity contribution in [3.63, 3.8) is 0 Å². The lowest BCUT2D eigenvalue weighted by molar-refractivity contribution is 0.203. The van der Waals surface area contributed by atoms with E-state index in [0.29, 0.717) is 6.04 Å². The third-order valence-electron chi connectivity index (χ3n) is 4.33. The molecule has 1 unspecified atom stereocenters. The number of hydrogen-bond donors (Lipinski definition) is 2. The number of likely N-dealkylation sites (N-methyl/N-ethyl adjacent to an activating group) is 1. The van der Waals surface area contributed by atoms with Gasteiger partial charge in [0.15, 0.2) is 0 Å². The van der Waals surface area contributed by atoms with Crippen LogP contribution in [0.25, 0.3) is 10.9 Å². The molecule has 0 amide bonds. The number of aromatic nitrogens is 1. The smallest absolute Gasteiger partial charge is 0.0494 e. The molecule has 1 aliphatic rings. The summed E-state index contributed by atoms with van der Waals surface area (Å²) in [5, 5.41) is 4.92. The van der Waals surface area contributed by atoms with Crippen LogP contribution >= 0.6 is 0 Å². The summed E-state index contributed by atoms with van der Waals surface area (Å²) < 4.78 is 0. The summed E-state index contributed by atoms with van der Waals surface area (Å²) in [5.74, 6) is 0. The predicted octanol–water partition coefficient (Wildman–Crippen LogP) is 2.67. The first-order valence-corrected chi connectivity index (χ1v) is 7.08. The van der Waals surface area contributed by atoms with Gasteiger partial charge in [-0.3, -0.25) is 4.90 Å². The third kappa shape index (κ3) is 2.07. The van der Waals surface area contributed by atoms with E-state index in [1.165, 1.54) is 33.3 Å². The van der Waals surface area contributed by atoms with Gasteiger partial charge in [-0.15, -0.1) is 0 Å². The maximum Gasteiger partial charge on any atom is 0.0494 e. The Morgan fingerprint density at radius 3 is 2.74 bits per heavy atom. The molecule has 2 heterocycles. The van der Waals surface area contributed by atoms with Gasteiger partial charge in [0.05, 0.1) is 0 Å². The zero-order valence-electron chi connectivity index (χ0n) is 12.3. The maximum atomic E-state index is 3.59. The second-order valence-corrected chi connectivity index (χ2v) is 5.87. The molecule has 2 aromatic rings. The molecule has 0 aliphatic carbocycles. The molecule has 1 aromatic carbocycles. The molecule has 1 aliphatic heterocycles. The zero-order chi connectivity index (χ0) is 13.6. The van der Waals surface area contributed by atoms with Crippen molar-refractivity contribution in [2.24, 2.45) is 0 Å². The van der Waals surface area contributed by atoms with Crippen molar-refractivity contribution in [1.82, 2.24) is 15.2 Å². The van der Waals surface area contributed by atoms with Crippen LogP contribution < -0.4 is 5.32 Å². The fourth-order valence-corrected chi connectivity index (χ4v) is 3.36. The van der Waals surface area contributed by atoms with Gasteiger partial charge >= 0.3 is 0 Å². The molecule has 0 spiro atoms. The Hall–Kier alpha value is -1.32. The van der Waals surface area contributed by atoms with Crippen LogP contribution in [0.2, 0.25) is 0 Å². The Bertz CT molecular complexity index is 612. The van der Waals surface area contributed by atoms with Crippen LogP contribution in [0.3, 0.4) is 0 Å². The Kier molecular flexibility index (Phi) is 3.11. The van der Waals surface area contributed by atoms with Crippen LogP contribution in [0, 0.1) is 20.8 Å². The highest BCUT2D eigenvalue weighted by atomic mass is 15.2. The largest absolute Gasteiger partial charge is 0.358 e. The molecule has 0 saturated carbocycles. The molecule has 1 fully saturated rings. The van der Waals surface area contributed by atoms with E-state index in [2.05, 4.69) is 55.2 Å². The molecule has 1 saturated heterocycles. The Morgan fingerprint density at radius 2 is 2.00 bits per heavy atom. The number of piperazine rings is 1. The van der Waals surface area contributed by atoms with Crippen molar-refractivity contribution >= 4 is 10.9 Å². The number of rotatable bonds is 1. The van der Waals surface area contributed by atoms with Gasteiger partial charge in [-0.1, -0.05) is 11.6 Å².